The lowest BCUT2D eigenvalue weighted by Gasteiger charge is -2.33. The van der Waals surface area contributed by atoms with Crippen LogP contribution in [0.25, 0.3) is 0 Å². The van der Waals surface area contributed by atoms with Crippen molar-refractivity contribution in [2.75, 3.05) is 13.1 Å². The van der Waals surface area contributed by atoms with Crippen molar-refractivity contribution < 1.29 is 19.5 Å². The molecular formula is C12H20N2O4. The van der Waals surface area contributed by atoms with Crippen molar-refractivity contribution in [3.63, 3.8) is 0 Å². The number of piperidine rings is 1. The van der Waals surface area contributed by atoms with Gasteiger partial charge in [-0.3, -0.25) is 9.59 Å². The van der Waals surface area contributed by atoms with Crippen LogP contribution in [-0.2, 0) is 14.4 Å². The topological polar surface area (TPSA) is 86.7 Å². The lowest BCUT2D eigenvalue weighted by atomic mass is 10.0. The van der Waals surface area contributed by atoms with Crippen LogP contribution in [0.1, 0.15) is 39.0 Å². The molecule has 1 atom stereocenters. The SMILES string of the molecule is CCCC(=O)NCC(=O)N1CCCCC1C(=O)O. The van der Waals surface area contributed by atoms with E-state index in [1.165, 1.54) is 4.90 Å². The molecule has 1 fully saturated rings. The zero-order valence-corrected chi connectivity index (χ0v) is 10.6. The number of carbonyl (C=O) groups excluding carboxylic acids is 2. The summed E-state index contributed by atoms with van der Waals surface area (Å²) in [7, 11) is 0. The van der Waals surface area contributed by atoms with Gasteiger partial charge in [-0.05, 0) is 25.7 Å². The lowest BCUT2D eigenvalue weighted by molar-refractivity contribution is -0.151. The number of carboxylic acid groups (broad SMARTS) is 1. The first-order chi connectivity index (χ1) is 8.56. The molecule has 0 aliphatic carbocycles. The molecule has 1 heterocycles. The Labute approximate surface area is 106 Å². The third-order valence-electron chi connectivity index (χ3n) is 3.02. The largest absolute Gasteiger partial charge is 0.480 e. The first-order valence-corrected chi connectivity index (χ1v) is 6.35. The van der Waals surface area contributed by atoms with Crippen molar-refractivity contribution in [2.24, 2.45) is 0 Å². The van der Waals surface area contributed by atoms with Gasteiger partial charge < -0.3 is 15.3 Å². The van der Waals surface area contributed by atoms with E-state index >= 15 is 0 Å². The van der Waals surface area contributed by atoms with Gasteiger partial charge in [-0.25, -0.2) is 4.79 Å². The van der Waals surface area contributed by atoms with Gasteiger partial charge in [0.1, 0.15) is 6.04 Å². The van der Waals surface area contributed by atoms with E-state index in [0.717, 1.165) is 19.3 Å². The number of nitrogens with zero attached hydrogens (tertiary/aromatic N) is 1. The average molecular weight is 256 g/mol. The minimum atomic E-state index is -0.970. The van der Waals surface area contributed by atoms with Crippen LogP contribution in [0.2, 0.25) is 0 Å². The van der Waals surface area contributed by atoms with E-state index in [2.05, 4.69) is 5.32 Å². The van der Waals surface area contributed by atoms with Crippen LogP contribution in [0.3, 0.4) is 0 Å². The minimum absolute atomic E-state index is 0.109. The number of nitrogens with one attached hydrogen (secondary N) is 1. The molecule has 102 valence electrons. The smallest absolute Gasteiger partial charge is 0.326 e. The maximum absolute atomic E-state index is 11.9. The summed E-state index contributed by atoms with van der Waals surface area (Å²) in [6.07, 6.45) is 3.24. The second-order valence-corrected chi connectivity index (χ2v) is 4.46. The van der Waals surface area contributed by atoms with Crippen LogP contribution in [0.4, 0.5) is 0 Å². The summed E-state index contributed by atoms with van der Waals surface area (Å²) in [5, 5.41) is 11.6. The highest BCUT2D eigenvalue weighted by molar-refractivity contribution is 5.88. The van der Waals surface area contributed by atoms with Gasteiger partial charge in [0.25, 0.3) is 0 Å². The third kappa shape index (κ3) is 4.01. The van der Waals surface area contributed by atoms with Crippen LogP contribution in [0, 0.1) is 0 Å². The molecule has 1 saturated heterocycles. The summed E-state index contributed by atoms with van der Waals surface area (Å²) in [5.74, 6) is -1.45. The van der Waals surface area contributed by atoms with E-state index in [4.69, 9.17) is 5.11 Å². The summed E-state index contributed by atoms with van der Waals surface area (Å²) in [6.45, 7) is 2.23. The Kier molecular flexibility index (Phi) is 5.61. The van der Waals surface area contributed by atoms with Crippen molar-refractivity contribution >= 4 is 17.8 Å². The number of carbonyl (C=O) groups is 3. The maximum atomic E-state index is 11.9. The Balaban J connectivity index is 2.48. The molecule has 0 saturated carbocycles. The van der Waals surface area contributed by atoms with Gasteiger partial charge in [0.2, 0.25) is 11.8 Å². The molecular weight excluding hydrogens is 236 g/mol. The van der Waals surface area contributed by atoms with E-state index in [1.54, 1.807) is 0 Å². The normalized spacial score (nSPS) is 19.4. The Bertz CT molecular complexity index is 330. The minimum Gasteiger partial charge on any atom is -0.480 e. The molecule has 0 aromatic heterocycles. The van der Waals surface area contributed by atoms with Crippen LogP contribution in [-0.4, -0.2) is 46.9 Å². The van der Waals surface area contributed by atoms with E-state index in [9.17, 15) is 14.4 Å². The standard InChI is InChI=1S/C12H20N2O4/c1-2-5-10(15)13-8-11(16)14-7-4-3-6-9(14)12(17)18/h9H,2-8H2,1H3,(H,13,15)(H,17,18). The number of rotatable bonds is 5. The van der Waals surface area contributed by atoms with Crippen molar-refractivity contribution in [3.05, 3.63) is 0 Å². The average Bonchev–Trinajstić information content (AvgIpc) is 2.36. The van der Waals surface area contributed by atoms with Gasteiger partial charge in [-0.15, -0.1) is 0 Å². The molecule has 0 aromatic rings. The summed E-state index contributed by atoms with van der Waals surface area (Å²) >= 11 is 0. The Morgan fingerprint density at radius 3 is 2.67 bits per heavy atom. The summed E-state index contributed by atoms with van der Waals surface area (Å²) in [6, 6.07) is -0.741. The molecule has 6 heteroatoms. The predicted molar refractivity (Wildman–Crippen MR) is 64.9 cm³/mol. The lowest BCUT2D eigenvalue weighted by Crippen LogP contribution is -2.51. The fourth-order valence-electron chi connectivity index (χ4n) is 2.08. The molecule has 0 aromatic carbocycles. The summed E-state index contributed by atoms with van der Waals surface area (Å²) in [4.78, 5) is 35.5. The van der Waals surface area contributed by atoms with Crippen molar-refractivity contribution in [3.8, 4) is 0 Å². The van der Waals surface area contributed by atoms with Crippen LogP contribution >= 0.6 is 0 Å². The quantitative estimate of drug-likeness (QED) is 0.744. The van der Waals surface area contributed by atoms with Crippen molar-refractivity contribution in [1.29, 1.82) is 0 Å². The molecule has 2 amide bonds. The van der Waals surface area contributed by atoms with E-state index in [0.29, 0.717) is 19.4 Å². The molecule has 1 rings (SSSR count). The fraction of sp³-hybridized carbons (Fsp3) is 0.750. The van der Waals surface area contributed by atoms with Gasteiger partial charge in [0.05, 0.1) is 6.54 Å². The monoisotopic (exact) mass is 256 g/mol. The first kappa shape index (κ1) is 14.5. The number of hydrogen-bond donors (Lipinski definition) is 2. The number of likely N-dealkylation sites (tertiary alicyclic amines) is 1. The summed E-state index contributed by atoms with van der Waals surface area (Å²) < 4.78 is 0. The van der Waals surface area contributed by atoms with Crippen molar-refractivity contribution in [2.45, 2.75) is 45.1 Å². The molecule has 1 aliphatic rings. The van der Waals surface area contributed by atoms with Crippen LogP contribution in [0.5, 0.6) is 0 Å². The Morgan fingerprint density at radius 1 is 1.33 bits per heavy atom. The highest BCUT2D eigenvalue weighted by Gasteiger charge is 2.31. The number of aliphatic carboxylic acids is 1. The maximum Gasteiger partial charge on any atom is 0.326 e. The Morgan fingerprint density at radius 2 is 2.06 bits per heavy atom. The molecule has 0 bridgehead atoms. The molecule has 0 radical (unpaired) electrons. The van der Waals surface area contributed by atoms with E-state index in [1.807, 2.05) is 6.92 Å². The first-order valence-electron chi connectivity index (χ1n) is 6.35. The molecule has 1 unspecified atom stereocenters. The second-order valence-electron chi connectivity index (χ2n) is 4.46. The van der Waals surface area contributed by atoms with Gasteiger partial charge >= 0.3 is 5.97 Å². The third-order valence-corrected chi connectivity index (χ3v) is 3.02. The highest BCUT2D eigenvalue weighted by Crippen LogP contribution is 2.17. The zero-order chi connectivity index (χ0) is 13.5. The van der Waals surface area contributed by atoms with Gasteiger partial charge in [0, 0.05) is 13.0 Å². The van der Waals surface area contributed by atoms with Crippen molar-refractivity contribution in [1.82, 2.24) is 10.2 Å². The zero-order valence-electron chi connectivity index (χ0n) is 10.6. The number of carboxylic acids is 1. The highest BCUT2D eigenvalue weighted by atomic mass is 16.4. The van der Waals surface area contributed by atoms with E-state index in [-0.39, 0.29) is 18.4 Å². The van der Waals surface area contributed by atoms with Gasteiger partial charge in [-0.2, -0.15) is 0 Å². The number of amides is 2. The predicted octanol–water partition coefficient (Wildman–Crippen LogP) is 0.368. The van der Waals surface area contributed by atoms with E-state index < -0.39 is 12.0 Å². The van der Waals surface area contributed by atoms with Gasteiger partial charge in [-0.1, -0.05) is 6.92 Å². The van der Waals surface area contributed by atoms with Crippen LogP contribution in [0.15, 0.2) is 0 Å². The molecule has 18 heavy (non-hydrogen) atoms. The molecule has 1 aliphatic heterocycles. The molecule has 2 N–H and O–H groups in total. The second kappa shape index (κ2) is 6.98. The summed E-state index contributed by atoms with van der Waals surface area (Å²) in [5.41, 5.74) is 0. The molecule has 0 spiro atoms. The van der Waals surface area contributed by atoms with Crippen LogP contribution < -0.4 is 5.32 Å². The Hall–Kier alpha value is -1.59. The van der Waals surface area contributed by atoms with Gasteiger partial charge in [0.15, 0.2) is 0 Å². The fourth-order valence-corrected chi connectivity index (χ4v) is 2.08. The molecule has 6 nitrogen and oxygen atoms in total. The number of hydrogen-bond acceptors (Lipinski definition) is 3.